The number of nitrogens with zero attached hydrogens (tertiary/aromatic N) is 4. The maximum absolute atomic E-state index is 13.3. The second kappa shape index (κ2) is 12.5. The molecule has 2 heterocycles. The Labute approximate surface area is 231 Å². The van der Waals surface area contributed by atoms with Gasteiger partial charge in [-0.25, -0.2) is 4.39 Å². The van der Waals surface area contributed by atoms with E-state index in [-0.39, 0.29) is 11.2 Å². The summed E-state index contributed by atoms with van der Waals surface area (Å²) < 4.78 is 54.5. The van der Waals surface area contributed by atoms with Crippen molar-refractivity contribution >= 4 is 22.3 Å². The molecule has 1 atom stereocenters. The molecule has 1 saturated heterocycles. The molecule has 10 heteroatoms. The highest BCUT2D eigenvalue weighted by Crippen LogP contribution is 2.37. The average Bonchev–Trinajstić information content (AvgIpc) is 2.88. The molecule has 6 nitrogen and oxygen atoms in total. The number of rotatable bonds is 5. The van der Waals surface area contributed by atoms with Gasteiger partial charge in [-0.05, 0) is 85.2 Å². The number of aromatic nitrogens is 1. The molecule has 1 aliphatic rings. The number of halogens is 4. The highest BCUT2D eigenvalue weighted by atomic mass is 19.4. The quantitative estimate of drug-likeness (QED) is 0.209. The molecule has 40 heavy (non-hydrogen) atoms. The Morgan fingerprint density at radius 2 is 1.82 bits per heavy atom. The molecule has 1 fully saturated rings. The molecular weight excluding hydrogens is 522 g/mol. The summed E-state index contributed by atoms with van der Waals surface area (Å²) in [6, 6.07) is 7.34. The summed E-state index contributed by atoms with van der Waals surface area (Å²) >= 11 is 0. The van der Waals surface area contributed by atoms with Gasteiger partial charge in [-0.15, -0.1) is 0 Å². The van der Waals surface area contributed by atoms with Crippen LogP contribution in [0.15, 0.2) is 64.2 Å². The molecule has 4 rings (SSSR count). The van der Waals surface area contributed by atoms with Crippen LogP contribution in [-0.2, 0) is 13.2 Å². The molecule has 0 aliphatic carbocycles. The molecule has 0 unspecified atom stereocenters. The predicted molar refractivity (Wildman–Crippen MR) is 154 cm³/mol. The van der Waals surface area contributed by atoms with Gasteiger partial charge in [0.25, 0.3) is 5.56 Å². The van der Waals surface area contributed by atoms with Crippen LogP contribution in [0, 0.1) is 25.2 Å². The number of fused-ring (bicyclic) bond motifs is 1. The van der Waals surface area contributed by atoms with Crippen molar-refractivity contribution in [2.45, 2.75) is 39.9 Å². The molecule has 0 spiro atoms. The monoisotopic (exact) mass is 556 g/mol. The van der Waals surface area contributed by atoms with E-state index in [1.807, 2.05) is 19.2 Å². The summed E-state index contributed by atoms with van der Waals surface area (Å²) in [6.45, 7) is 14.7. The van der Waals surface area contributed by atoms with E-state index >= 15 is 0 Å². The van der Waals surface area contributed by atoms with E-state index in [1.165, 1.54) is 10.1 Å². The van der Waals surface area contributed by atoms with E-state index in [2.05, 4.69) is 34.0 Å². The largest absolute Gasteiger partial charge is 0.418 e. The predicted octanol–water partition coefficient (Wildman–Crippen LogP) is 7.01. The van der Waals surface area contributed by atoms with Gasteiger partial charge in [0, 0.05) is 49.4 Å². The van der Waals surface area contributed by atoms with Crippen LogP contribution in [0.4, 0.5) is 23.2 Å². The number of pyridine rings is 1. The normalized spacial score (nSPS) is 15.6. The third kappa shape index (κ3) is 7.36. The van der Waals surface area contributed by atoms with Crippen molar-refractivity contribution in [3.63, 3.8) is 0 Å². The highest BCUT2D eigenvalue weighted by Gasteiger charge is 2.34. The van der Waals surface area contributed by atoms with Crippen LogP contribution in [0.3, 0.4) is 0 Å². The average molecular weight is 557 g/mol. The Morgan fingerprint density at radius 1 is 1.15 bits per heavy atom. The summed E-state index contributed by atoms with van der Waals surface area (Å²) in [5.74, 6) is 0.330. The van der Waals surface area contributed by atoms with Crippen LogP contribution in [-0.4, -0.2) is 35.4 Å². The van der Waals surface area contributed by atoms with Crippen LogP contribution >= 0.6 is 0 Å². The van der Waals surface area contributed by atoms with Crippen molar-refractivity contribution in [1.29, 1.82) is 0 Å². The zero-order chi connectivity index (χ0) is 29.8. The van der Waals surface area contributed by atoms with Crippen LogP contribution < -0.4 is 10.9 Å². The first kappa shape index (κ1) is 30.6. The van der Waals surface area contributed by atoms with Gasteiger partial charge in [0.2, 0.25) is 0 Å². The number of aryl methyl sites for hydroxylation is 2. The van der Waals surface area contributed by atoms with Crippen LogP contribution in [0.5, 0.6) is 0 Å². The molecule has 0 amide bonds. The Morgan fingerprint density at radius 3 is 2.42 bits per heavy atom. The van der Waals surface area contributed by atoms with Gasteiger partial charge in [0.15, 0.2) is 0 Å². The van der Waals surface area contributed by atoms with E-state index in [0.29, 0.717) is 34.2 Å². The van der Waals surface area contributed by atoms with E-state index in [1.54, 1.807) is 39.2 Å². The summed E-state index contributed by atoms with van der Waals surface area (Å²) in [5.41, 5.74) is 1.37. The molecule has 1 aromatic heterocycles. The number of alkyl halides is 3. The Balaban J connectivity index is 0.000000285. The molecule has 1 N–H and O–H groups in total. The maximum Gasteiger partial charge on any atom is 0.418 e. The molecule has 1 aliphatic heterocycles. The van der Waals surface area contributed by atoms with E-state index in [9.17, 15) is 22.4 Å². The fourth-order valence-electron chi connectivity index (χ4n) is 4.50. The lowest BCUT2D eigenvalue weighted by molar-refractivity contribution is -0.137. The Hall–Kier alpha value is -3.97. The van der Waals surface area contributed by atoms with Crippen molar-refractivity contribution in [2.24, 2.45) is 18.0 Å². The first-order valence-electron chi connectivity index (χ1n) is 12.7. The third-order valence-electron chi connectivity index (χ3n) is 6.85. The second-order valence-electron chi connectivity index (χ2n) is 10.2. The first-order chi connectivity index (χ1) is 18.7. The second-order valence-corrected chi connectivity index (χ2v) is 10.2. The standard InChI is InChI=1S/C20H18F4N2O.C10H16N3/c1-11-8-15(14-6-7-26(3)19(27)16(14)9-11)12(2)25-18-5-4-13(21)10-17(18)20(22,23)24;1-8(5-12-9(2)11-3)10-6-13(4)7-10/h4-10,12,25H,1-3H3;3,5,10H,6-7H2,1-2,4H3/q;+1/b;8-5+,12-9?/t12-;/m1./s1. The van der Waals surface area contributed by atoms with Crippen molar-refractivity contribution in [1.82, 2.24) is 9.47 Å². The van der Waals surface area contributed by atoms with Gasteiger partial charge in [-0.3, -0.25) is 4.79 Å². The summed E-state index contributed by atoms with van der Waals surface area (Å²) in [4.78, 5) is 22.3. The van der Waals surface area contributed by atoms with Crippen molar-refractivity contribution < 1.29 is 17.6 Å². The van der Waals surface area contributed by atoms with Crippen molar-refractivity contribution in [3.05, 3.63) is 92.1 Å². The van der Waals surface area contributed by atoms with Gasteiger partial charge in [-0.1, -0.05) is 6.07 Å². The summed E-state index contributed by atoms with van der Waals surface area (Å²) in [7, 11) is 3.76. The van der Waals surface area contributed by atoms with Crippen molar-refractivity contribution in [3.8, 4) is 6.57 Å². The molecular formula is C30H34F4N5O+. The van der Waals surface area contributed by atoms with Crippen molar-refractivity contribution in [2.75, 3.05) is 25.5 Å². The summed E-state index contributed by atoms with van der Waals surface area (Å²) in [6.07, 6.45) is -1.20. The Bertz CT molecular complexity index is 1540. The van der Waals surface area contributed by atoms with E-state index in [0.717, 1.165) is 30.8 Å². The number of anilines is 1. The third-order valence-corrected chi connectivity index (χ3v) is 6.85. The zero-order valence-electron chi connectivity index (χ0n) is 23.5. The SMILES string of the molecule is C#[N+]C(C)=N/C=C(\C)C1CN(C)C1.Cc1cc([C@@H](C)Nc2ccc(F)cc2C(F)(F)F)c2ccn(C)c(=O)c2c1. The first-order valence-corrected chi connectivity index (χ1v) is 12.7. The minimum atomic E-state index is -4.69. The lowest BCUT2D eigenvalue weighted by Crippen LogP contribution is -2.44. The minimum absolute atomic E-state index is 0.178. The topological polar surface area (TPSA) is 54.0 Å². The van der Waals surface area contributed by atoms with Gasteiger partial charge < -0.3 is 14.8 Å². The van der Waals surface area contributed by atoms with Crippen LogP contribution in [0.1, 0.15) is 43.5 Å². The number of hydrogen-bond acceptors (Lipinski definition) is 4. The minimum Gasteiger partial charge on any atom is -0.378 e. The van der Waals surface area contributed by atoms with Gasteiger partial charge in [-0.2, -0.15) is 18.0 Å². The molecule has 0 radical (unpaired) electrons. The number of benzene rings is 2. The number of amidine groups is 1. The number of nitrogens with one attached hydrogen (secondary N) is 1. The number of likely N-dealkylation sites (tertiary alicyclic amines) is 1. The molecule has 2 aromatic carbocycles. The van der Waals surface area contributed by atoms with Crippen LogP contribution in [0.25, 0.3) is 15.6 Å². The molecule has 212 valence electrons. The molecule has 3 aromatic rings. The zero-order valence-corrected chi connectivity index (χ0v) is 23.5. The molecule has 0 bridgehead atoms. The Kier molecular flexibility index (Phi) is 9.53. The molecule has 0 saturated carbocycles. The smallest absolute Gasteiger partial charge is 0.378 e. The van der Waals surface area contributed by atoms with Gasteiger partial charge in [0.1, 0.15) is 18.6 Å². The number of aliphatic imine (C=N–C) groups is 1. The van der Waals surface area contributed by atoms with Gasteiger partial charge >= 0.3 is 12.0 Å². The van der Waals surface area contributed by atoms with Crippen LogP contribution in [0.2, 0.25) is 0 Å². The number of hydrogen-bond donors (Lipinski definition) is 1. The summed E-state index contributed by atoms with van der Waals surface area (Å²) in [5, 5.41) is 3.98. The van der Waals surface area contributed by atoms with E-state index in [4.69, 9.17) is 6.57 Å². The maximum atomic E-state index is 13.3. The lowest BCUT2D eigenvalue weighted by atomic mass is 9.94. The lowest BCUT2D eigenvalue weighted by Gasteiger charge is -2.36. The van der Waals surface area contributed by atoms with Gasteiger partial charge in [0.05, 0.1) is 12.5 Å². The fraction of sp³-hybridized carbons (Fsp3) is 0.367. The highest BCUT2D eigenvalue weighted by molar-refractivity contribution is 5.89. The fourth-order valence-corrected chi connectivity index (χ4v) is 4.50. The van der Waals surface area contributed by atoms with E-state index < -0.39 is 23.6 Å².